The summed E-state index contributed by atoms with van der Waals surface area (Å²) in [6.45, 7) is 7.22. The summed E-state index contributed by atoms with van der Waals surface area (Å²) in [5, 5.41) is 0. The summed E-state index contributed by atoms with van der Waals surface area (Å²) in [6, 6.07) is 0. The lowest BCUT2D eigenvalue weighted by Gasteiger charge is -2.60. The van der Waals surface area contributed by atoms with Crippen LogP contribution in [0.5, 0.6) is 0 Å². The number of rotatable bonds is 4. The SMILES string of the molecule is CC(=O)OC[C@]12CC[C@H]3[C@@H](CC[C@H]4C[C@@H](OC(C)=O)CC[C@@]43C)[C@]13O[C@@H]3C=C2C(C)=O. The van der Waals surface area contributed by atoms with E-state index in [1.165, 1.54) is 13.8 Å². The third kappa shape index (κ3) is 2.82. The minimum Gasteiger partial charge on any atom is -0.465 e. The van der Waals surface area contributed by atoms with Crippen LogP contribution in [0.3, 0.4) is 0 Å². The summed E-state index contributed by atoms with van der Waals surface area (Å²) in [5.74, 6) is 1.00. The van der Waals surface area contributed by atoms with Gasteiger partial charge in [0.1, 0.15) is 24.4 Å². The second-order valence-corrected chi connectivity index (χ2v) is 10.9. The minimum atomic E-state index is -0.505. The van der Waals surface area contributed by atoms with E-state index in [1.807, 2.05) is 6.08 Å². The van der Waals surface area contributed by atoms with Crippen molar-refractivity contribution in [3.8, 4) is 0 Å². The molecule has 1 spiro atoms. The number of hydrogen-bond donors (Lipinski definition) is 0. The molecule has 1 aliphatic heterocycles. The largest absolute Gasteiger partial charge is 0.465 e. The highest BCUT2D eigenvalue weighted by molar-refractivity contribution is 5.96. The van der Waals surface area contributed by atoms with Gasteiger partial charge in [0, 0.05) is 19.4 Å². The zero-order chi connectivity index (χ0) is 22.2. The number of carbonyl (C=O) groups excluding carboxylic acids is 3. The maximum atomic E-state index is 12.6. The van der Waals surface area contributed by atoms with Gasteiger partial charge < -0.3 is 14.2 Å². The molecule has 170 valence electrons. The van der Waals surface area contributed by atoms with Crippen LogP contribution in [0.1, 0.15) is 72.6 Å². The van der Waals surface area contributed by atoms with Crippen molar-refractivity contribution in [1.29, 1.82) is 0 Å². The third-order valence-electron chi connectivity index (χ3n) is 9.58. The van der Waals surface area contributed by atoms with E-state index in [4.69, 9.17) is 14.2 Å². The van der Waals surface area contributed by atoms with Crippen molar-refractivity contribution in [2.45, 2.75) is 90.4 Å². The summed E-state index contributed by atoms with van der Waals surface area (Å²) in [6.07, 6.45) is 8.93. The average molecular weight is 431 g/mol. The first-order valence-electron chi connectivity index (χ1n) is 11.9. The molecule has 0 aromatic rings. The molecule has 0 N–H and O–H groups in total. The Morgan fingerprint density at radius 3 is 2.48 bits per heavy atom. The molecule has 0 amide bonds. The van der Waals surface area contributed by atoms with Gasteiger partial charge in [0.2, 0.25) is 0 Å². The minimum absolute atomic E-state index is 0.0349. The molecule has 5 rings (SSSR count). The van der Waals surface area contributed by atoms with Gasteiger partial charge in [-0.2, -0.15) is 0 Å². The third-order valence-corrected chi connectivity index (χ3v) is 9.58. The average Bonchev–Trinajstić information content (AvgIpc) is 3.33. The van der Waals surface area contributed by atoms with Gasteiger partial charge >= 0.3 is 11.9 Å². The first-order valence-corrected chi connectivity index (χ1v) is 11.9. The molecule has 4 fully saturated rings. The molecule has 5 aliphatic rings. The standard InChI is InChI=1S/C25H34O6/c1-14(26)21-12-22-25(31-22)20-6-5-17-11-18(30-16(3)28)7-9-23(17,4)19(20)8-10-24(21,25)13-29-15(2)27/h12,17-20,22H,5-11,13H2,1-4H3/t17-,18-,19-,20+,22+,23-,24-,25+/m0/s1. The van der Waals surface area contributed by atoms with Gasteiger partial charge in [0.15, 0.2) is 5.78 Å². The quantitative estimate of drug-likeness (QED) is 0.499. The Labute approximate surface area is 184 Å². The van der Waals surface area contributed by atoms with Gasteiger partial charge in [-0.3, -0.25) is 14.4 Å². The normalized spacial score (nSPS) is 47.1. The van der Waals surface area contributed by atoms with Crippen molar-refractivity contribution in [2.24, 2.45) is 28.6 Å². The van der Waals surface area contributed by atoms with E-state index in [2.05, 4.69) is 6.92 Å². The van der Waals surface area contributed by atoms with E-state index in [-0.39, 0.29) is 42.0 Å². The highest BCUT2D eigenvalue weighted by Crippen LogP contribution is 2.74. The smallest absolute Gasteiger partial charge is 0.302 e. The van der Waals surface area contributed by atoms with E-state index in [0.717, 1.165) is 50.5 Å². The molecule has 0 unspecified atom stereocenters. The molecule has 8 atom stereocenters. The Morgan fingerprint density at radius 1 is 1.03 bits per heavy atom. The lowest BCUT2D eigenvalue weighted by Crippen LogP contribution is -2.60. The van der Waals surface area contributed by atoms with Crippen LogP contribution in [0.4, 0.5) is 0 Å². The molecule has 31 heavy (non-hydrogen) atoms. The molecule has 0 bridgehead atoms. The van der Waals surface area contributed by atoms with Gasteiger partial charge in [-0.15, -0.1) is 0 Å². The Kier molecular flexibility index (Phi) is 4.71. The molecule has 0 aromatic heterocycles. The van der Waals surface area contributed by atoms with Crippen LogP contribution in [0, 0.1) is 28.6 Å². The van der Waals surface area contributed by atoms with Crippen LogP contribution in [-0.2, 0) is 28.6 Å². The first kappa shape index (κ1) is 21.2. The Bertz CT molecular complexity index is 862. The lowest BCUT2D eigenvalue weighted by molar-refractivity contribution is -0.167. The zero-order valence-corrected chi connectivity index (χ0v) is 19.1. The molecular weight excluding hydrogens is 396 g/mol. The van der Waals surface area contributed by atoms with Crippen LogP contribution < -0.4 is 0 Å². The Balaban J connectivity index is 1.44. The Hall–Kier alpha value is -1.69. The van der Waals surface area contributed by atoms with Crippen molar-refractivity contribution in [1.82, 2.24) is 0 Å². The summed E-state index contributed by atoms with van der Waals surface area (Å²) >= 11 is 0. The second kappa shape index (κ2) is 6.90. The summed E-state index contributed by atoms with van der Waals surface area (Å²) < 4.78 is 17.6. The van der Waals surface area contributed by atoms with Crippen molar-refractivity contribution < 1.29 is 28.6 Å². The Morgan fingerprint density at radius 2 is 1.81 bits per heavy atom. The van der Waals surface area contributed by atoms with Crippen LogP contribution in [0.25, 0.3) is 0 Å². The topological polar surface area (TPSA) is 82.2 Å². The fraction of sp³-hybridized carbons (Fsp3) is 0.800. The summed E-state index contributed by atoms with van der Waals surface area (Å²) in [7, 11) is 0. The maximum absolute atomic E-state index is 12.6. The van der Waals surface area contributed by atoms with Crippen LogP contribution >= 0.6 is 0 Å². The zero-order valence-electron chi connectivity index (χ0n) is 19.1. The van der Waals surface area contributed by atoms with Crippen molar-refractivity contribution >= 4 is 17.7 Å². The van der Waals surface area contributed by atoms with Gasteiger partial charge in [0.25, 0.3) is 0 Å². The number of carbonyl (C=O) groups is 3. The fourth-order valence-corrected chi connectivity index (χ4v) is 8.31. The van der Waals surface area contributed by atoms with Gasteiger partial charge in [0.05, 0.1) is 5.41 Å². The van der Waals surface area contributed by atoms with Crippen LogP contribution in [0.15, 0.2) is 11.6 Å². The highest BCUT2D eigenvalue weighted by Gasteiger charge is 2.80. The number of fused-ring (bicyclic) bond motifs is 3. The van der Waals surface area contributed by atoms with Crippen molar-refractivity contribution in [3.63, 3.8) is 0 Å². The predicted octanol–water partition coefficient (Wildman–Crippen LogP) is 3.76. The first-order chi connectivity index (χ1) is 14.6. The molecule has 0 aromatic carbocycles. The fourth-order valence-electron chi connectivity index (χ4n) is 8.31. The monoisotopic (exact) mass is 430 g/mol. The van der Waals surface area contributed by atoms with E-state index in [0.29, 0.717) is 17.8 Å². The van der Waals surface area contributed by atoms with Gasteiger partial charge in [-0.1, -0.05) is 6.92 Å². The van der Waals surface area contributed by atoms with E-state index in [9.17, 15) is 14.4 Å². The molecule has 4 aliphatic carbocycles. The van der Waals surface area contributed by atoms with E-state index >= 15 is 0 Å². The van der Waals surface area contributed by atoms with Crippen molar-refractivity contribution in [3.05, 3.63) is 11.6 Å². The molecule has 1 heterocycles. The van der Waals surface area contributed by atoms with E-state index in [1.54, 1.807) is 6.92 Å². The van der Waals surface area contributed by atoms with E-state index < -0.39 is 11.0 Å². The lowest BCUT2D eigenvalue weighted by atomic mass is 9.44. The predicted molar refractivity (Wildman–Crippen MR) is 112 cm³/mol. The molecule has 6 heteroatoms. The molecule has 1 saturated heterocycles. The number of hydrogen-bond acceptors (Lipinski definition) is 6. The van der Waals surface area contributed by atoms with Gasteiger partial charge in [-0.05, 0) is 81.1 Å². The molecular formula is C25H34O6. The summed E-state index contributed by atoms with van der Waals surface area (Å²) in [5.41, 5.74) is 0.105. The highest BCUT2D eigenvalue weighted by atomic mass is 16.6. The molecule has 3 saturated carbocycles. The second-order valence-electron chi connectivity index (χ2n) is 10.9. The molecule has 0 radical (unpaired) electrons. The van der Waals surface area contributed by atoms with Gasteiger partial charge in [-0.25, -0.2) is 0 Å². The number of ketones is 1. The van der Waals surface area contributed by atoms with Crippen molar-refractivity contribution in [2.75, 3.05) is 6.61 Å². The maximum Gasteiger partial charge on any atom is 0.302 e. The number of esters is 2. The number of Topliss-reactive ketones (excluding diaryl/α,β-unsaturated/α-hetero) is 1. The van der Waals surface area contributed by atoms with Crippen LogP contribution in [0.2, 0.25) is 0 Å². The molecule has 6 nitrogen and oxygen atoms in total. The number of epoxide rings is 1. The number of ether oxygens (including phenoxy) is 3. The summed E-state index contributed by atoms with van der Waals surface area (Å²) in [4.78, 5) is 35.7. The van der Waals surface area contributed by atoms with Crippen LogP contribution in [-0.4, -0.2) is 42.1 Å².